The number of terminal acetylenes is 1. The lowest BCUT2D eigenvalue weighted by Crippen LogP contribution is -1.88. The van der Waals surface area contributed by atoms with Gasteiger partial charge < -0.3 is 5.11 Å². The van der Waals surface area contributed by atoms with Gasteiger partial charge in [-0.1, -0.05) is 18.2 Å². The van der Waals surface area contributed by atoms with Crippen LogP contribution < -0.4 is 0 Å². The normalized spacial score (nSPS) is 9.27. The molecule has 0 fully saturated rings. The Bertz CT molecular complexity index is 517. The molecular formula is C12H10ClNO. The highest BCUT2D eigenvalue weighted by Gasteiger charge is 2.01. The van der Waals surface area contributed by atoms with Crippen LogP contribution in [0, 0.1) is 12.3 Å². The summed E-state index contributed by atoms with van der Waals surface area (Å²) in [6.45, 7) is 0. The lowest BCUT2D eigenvalue weighted by molar-refractivity contribution is 0.480. The molecular weight excluding hydrogens is 210 g/mol. The molecule has 3 heteroatoms. The highest BCUT2D eigenvalue weighted by Crippen LogP contribution is 2.22. The molecule has 0 aliphatic carbocycles. The van der Waals surface area contributed by atoms with E-state index in [-0.39, 0.29) is 18.2 Å². The summed E-state index contributed by atoms with van der Waals surface area (Å²) in [5, 5.41) is 10.5. The maximum Gasteiger partial charge on any atom is 0.141 e. The second-order valence-electron chi connectivity index (χ2n) is 3.03. The Morgan fingerprint density at radius 3 is 2.80 bits per heavy atom. The molecule has 76 valence electrons. The number of nitrogens with zero attached hydrogens (tertiary/aromatic N) is 1. The van der Waals surface area contributed by atoms with Gasteiger partial charge in [-0.3, -0.25) is 0 Å². The minimum atomic E-state index is 0. The topological polar surface area (TPSA) is 33.1 Å². The number of aromatic hydroxyl groups is 1. The van der Waals surface area contributed by atoms with Gasteiger partial charge in [0.25, 0.3) is 0 Å². The molecule has 1 heterocycles. The summed E-state index contributed by atoms with van der Waals surface area (Å²) >= 11 is 0. The monoisotopic (exact) mass is 219 g/mol. The summed E-state index contributed by atoms with van der Waals surface area (Å²) in [4.78, 5) is 4.27. The zero-order valence-electron chi connectivity index (χ0n) is 7.97. The van der Waals surface area contributed by atoms with Gasteiger partial charge in [0.2, 0.25) is 0 Å². The minimum absolute atomic E-state index is 0. The lowest BCUT2D eigenvalue weighted by Gasteiger charge is -2.01. The fourth-order valence-electron chi connectivity index (χ4n) is 1.37. The molecule has 0 saturated heterocycles. The van der Waals surface area contributed by atoms with Gasteiger partial charge in [0.1, 0.15) is 11.3 Å². The molecule has 1 aromatic carbocycles. The van der Waals surface area contributed by atoms with Crippen molar-refractivity contribution in [3.8, 4) is 18.1 Å². The molecule has 2 aromatic rings. The summed E-state index contributed by atoms with van der Waals surface area (Å²) in [5.74, 6) is 2.72. The van der Waals surface area contributed by atoms with Crippen LogP contribution in [0.15, 0.2) is 30.3 Å². The molecule has 0 spiro atoms. The first-order chi connectivity index (χ1) is 6.81. The quantitative estimate of drug-likeness (QED) is 0.748. The molecule has 0 saturated carbocycles. The number of rotatable bonds is 1. The van der Waals surface area contributed by atoms with Crippen molar-refractivity contribution >= 4 is 23.3 Å². The van der Waals surface area contributed by atoms with Gasteiger partial charge in [0, 0.05) is 5.39 Å². The van der Waals surface area contributed by atoms with E-state index in [1.54, 1.807) is 12.1 Å². The predicted molar refractivity (Wildman–Crippen MR) is 63.2 cm³/mol. The molecule has 0 aliphatic rings. The number of hydrogen-bond acceptors (Lipinski definition) is 2. The number of fused-ring (bicyclic) bond motifs is 1. The summed E-state index contributed by atoms with van der Waals surface area (Å²) in [5.41, 5.74) is 1.42. The average Bonchev–Trinajstić information content (AvgIpc) is 2.20. The SMILES string of the molecule is C#CCc1ccc2cccc(O)c2n1.Cl. The fraction of sp³-hybridized carbons (Fsp3) is 0.0833. The third-order valence-electron chi connectivity index (χ3n) is 2.04. The second-order valence-corrected chi connectivity index (χ2v) is 3.03. The van der Waals surface area contributed by atoms with E-state index in [4.69, 9.17) is 6.42 Å². The maximum atomic E-state index is 9.55. The minimum Gasteiger partial charge on any atom is -0.506 e. The van der Waals surface area contributed by atoms with Crippen LogP contribution in [0.1, 0.15) is 5.69 Å². The average molecular weight is 220 g/mol. The van der Waals surface area contributed by atoms with Crippen LogP contribution in [0.3, 0.4) is 0 Å². The van der Waals surface area contributed by atoms with Crippen LogP contribution in [-0.4, -0.2) is 10.1 Å². The van der Waals surface area contributed by atoms with Crippen LogP contribution in [-0.2, 0) is 6.42 Å². The highest BCUT2D eigenvalue weighted by molar-refractivity contribution is 5.85. The van der Waals surface area contributed by atoms with Gasteiger partial charge in [-0.15, -0.1) is 24.8 Å². The zero-order valence-corrected chi connectivity index (χ0v) is 8.79. The number of pyridine rings is 1. The Labute approximate surface area is 94.4 Å². The Morgan fingerprint density at radius 1 is 1.27 bits per heavy atom. The third-order valence-corrected chi connectivity index (χ3v) is 2.04. The smallest absolute Gasteiger partial charge is 0.141 e. The fourth-order valence-corrected chi connectivity index (χ4v) is 1.37. The molecule has 2 nitrogen and oxygen atoms in total. The van der Waals surface area contributed by atoms with Gasteiger partial charge in [-0.05, 0) is 12.1 Å². The Hall–Kier alpha value is -1.72. The number of benzene rings is 1. The van der Waals surface area contributed by atoms with E-state index >= 15 is 0 Å². The molecule has 15 heavy (non-hydrogen) atoms. The van der Waals surface area contributed by atoms with Crippen molar-refractivity contribution in [1.29, 1.82) is 0 Å². The molecule has 0 atom stereocenters. The van der Waals surface area contributed by atoms with E-state index in [0.29, 0.717) is 11.9 Å². The van der Waals surface area contributed by atoms with Crippen molar-refractivity contribution < 1.29 is 5.11 Å². The molecule has 0 unspecified atom stereocenters. The van der Waals surface area contributed by atoms with Gasteiger partial charge >= 0.3 is 0 Å². The van der Waals surface area contributed by atoms with Crippen molar-refractivity contribution in [2.45, 2.75) is 6.42 Å². The molecule has 1 N–H and O–H groups in total. The Balaban J connectivity index is 0.00000112. The van der Waals surface area contributed by atoms with E-state index in [9.17, 15) is 5.11 Å². The third kappa shape index (κ3) is 2.20. The first-order valence-electron chi connectivity index (χ1n) is 4.32. The highest BCUT2D eigenvalue weighted by atomic mass is 35.5. The van der Waals surface area contributed by atoms with Gasteiger partial charge in [0.05, 0.1) is 12.1 Å². The molecule has 0 bridgehead atoms. The first-order valence-corrected chi connectivity index (χ1v) is 4.32. The van der Waals surface area contributed by atoms with Crippen molar-refractivity contribution in [3.05, 3.63) is 36.0 Å². The number of phenols is 1. The molecule has 0 amide bonds. The Morgan fingerprint density at radius 2 is 2.07 bits per heavy atom. The molecule has 2 rings (SSSR count). The van der Waals surface area contributed by atoms with Crippen molar-refractivity contribution in [3.63, 3.8) is 0 Å². The Kier molecular flexibility index (Phi) is 3.54. The van der Waals surface area contributed by atoms with Gasteiger partial charge in [0.15, 0.2) is 0 Å². The van der Waals surface area contributed by atoms with E-state index < -0.39 is 0 Å². The van der Waals surface area contributed by atoms with Gasteiger partial charge in [-0.2, -0.15) is 0 Å². The van der Waals surface area contributed by atoms with E-state index in [0.717, 1.165) is 11.1 Å². The van der Waals surface area contributed by atoms with E-state index in [2.05, 4.69) is 10.9 Å². The van der Waals surface area contributed by atoms with Crippen LogP contribution >= 0.6 is 12.4 Å². The number of aromatic nitrogens is 1. The molecule has 0 radical (unpaired) electrons. The van der Waals surface area contributed by atoms with Crippen molar-refractivity contribution in [2.75, 3.05) is 0 Å². The largest absolute Gasteiger partial charge is 0.506 e. The summed E-state index contributed by atoms with van der Waals surface area (Å²) in [6.07, 6.45) is 5.68. The summed E-state index contributed by atoms with van der Waals surface area (Å²) in [7, 11) is 0. The summed E-state index contributed by atoms with van der Waals surface area (Å²) < 4.78 is 0. The lowest BCUT2D eigenvalue weighted by atomic mass is 10.1. The second kappa shape index (κ2) is 4.68. The van der Waals surface area contributed by atoms with Crippen LogP contribution in [0.2, 0.25) is 0 Å². The molecule has 0 aliphatic heterocycles. The number of phenolic OH excluding ortho intramolecular Hbond substituents is 1. The van der Waals surface area contributed by atoms with Crippen molar-refractivity contribution in [2.24, 2.45) is 0 Å². The number of halogens is 1. The standard InChI is InChI=1S/C12H9NO.ClH/c1-2-4-10-8-7-9-5-3-6-11(14)12(9)13-10;/h1,3,5-8,14H,4H2;1H. The summed E-state index contributed by atoms with van der Waals surface area (Å²) in [6, 6.07) is 9.10. The van der Waals surface area contributed by atoms with Gasteiger partial charge in [-0.25, -0.2) is 4.98 Å². The zero-order chi connectivity index (χ0) is 9.97. The predicted octanol–water partition coefficient (Wildman–Crippen LogP) is 2.54. The van der Waals surface area contributed by atoms with Crippen molar-refractivity contribution in [1.82, 2.24) is 4.98 Å². The molecule has 1 aromatic heterocycles. The maximum absolute atomic E-state index is 9.55. The number of hydrogen-bond donors (Lipinski definition) is 1. The first kappa shape index (κ1) is 11.4. The number of para-hydroxylation sites is 1. The van der Waals surface area contributed by atoms with Crippen LogP contribution in [0.4, 0.5) is 0 Å². The van der Waals surface area contributed by atoms with E-state index in [1.165, 1.54) is 0 Å². The van der Waals surface area contributed by atoms with Crippen LogP contribution in [0.25, 0.3) is 10.9 Å². The van der Waals surface area contributed by atoms with E-state index in [1.807, 2.05) is 18.2 Å². The van der Waals surface area contributed by atoms with Crippen LogP contribution in [0.5, 0.6) is 5.75 Å².